The van der Waals surface area contributed by atoms with Crippen LogP contribution in [0.4, 0.5) is 4.79 Å². The van der Waals surface area contributed by atoms with Crippen LogP contribution in [0.25, 0.3) is 0 Å². The maximum Gasteiger partial charge on any atom is 0.551 e. The molecule has 43 heavy (non-hydrogen) atoms. The fourth-order valence-corrected chi connectivity index (χ4v) is 5.72. The number of ketones is 2. The van der Waals surface area contributed by atoms with Crippen molar-refractivity contribution in [1.29, 1.82) is 0 Å². The highest BCUT2D eigenvalue weighted by Gasteiger charge is 2.19. The molecule has 0 unspecified atom stereocenters. The van der Waals surface area contributed by atoms with Crippen LogP contribution in [0.1, 0.15) is 32.7 Å². The molecule has 220 valence electrons. The summed E-state index contributed by atoms with van der Waals surface area (Å²) in [6.45, 7) is 0. The number of carbonyl (C=O) groups excluding carboxylic acids is 3. The van der Waals surface area contributed by atoms with Crippen LogP contribution >= 0.6 is 35.1 Å². The van der Waals surface area contributed by atoms with Crippen LogP contribution in [0.2, 0.25) is 5.02 Å². The minimum Gasteiger partial charge on any atom is -0.310 e. The van der Waals surface area contributed by atoms with E-state index in [0.717, 1.165) is 14.7 Å². The molecule has 0 aliphatic carbocycles. The normalized spacial score (nSPS) is 11.5. The zero-order valence-electron chi connectivity index (χ0n) is 22.6. The molecule has 0 aromatic heterocycles. The molecule has 0 aliphatic heterocycles. The van der Waals surface area contributed by atoms with Crippen molar-refractivity contribution in [2.45, 2.75) is 21.1 Å². The number of oxime groups is 1. The van der Waals surface area contributed by atoms with E-state index in [1.54, 1.807) is 60.7 Å². The molecule has 4 aromatic carbocycles. The lowest BCUT2D eigenvalue weighted by molar-refractivity contribution is 0.1000. The van der Waals surface area contributed by atoms with Gasteiger partial charge in [-0.15, -0.1) is 11.8 Å². The number of thioether (sulfide) groups is 1. The molecule has 4 rings (SSSR count). The van der Waals surface area contributed by atoms with Gasteiger partial charge in [-0.3, -0.25) is 14.4 Å². The molecular formula is C31H24ClNO7S3. The summed E-state index contributed by atoms with van der Waals surface area (Å²) in [5.74, 6) is -0.144. The standard InChI is InChI=1S/C31H24ClNO7S3/c1-43(37,38)40-31(36)39-33-28(19-20-41-25-17-11-24(32)12-18-25)30(35)23-9-15-27(16-10-23)42-26-13-7-22(8-14-26)29(34)21-5-3-2-4-6-21/h2-18H,19-20H2,1H3/b33-28+. The van der Waals surface area contributed by atoms with Gasteiger partial charge in [0, 0.05) is 48.6 Å². The number of nitrogens with zero attached hydrogens (tertiary/aromatic N) is 1. The molecule has 0 aliphatic rings. The minimum atomic E-state index is -4.11. The second-order valence-corrected chi connectivity index (χ2v) is 13.2. The maximum absolute atomic E-state index is 13.3. The molecule has 8 nitrogen and oxygen atoms in total. The Bertz CT molecular complexity index is 1730. The molecule has 0 radical (unpaired) electrons. The Morgan fingerprint density at radius 2 is 1.28 bits per heavy atom. The number of Topliss-reactive ketones (excluding diaryl/α,β-unsaturated/α-hetero) is 1. The summed E-state index contributed by atoms with van der Waals surface area (Å²) in [4.78, 5) is 44.9. The third kappa shape index (κ3) is 10.1. The van der Waals surface area contributed by atoms with Crippen molar-refractivity contribution < 1.29 is 31.8 Å². The lowest BCUT2D eigenvalue weighted by Gasteiger charge is -2.08. The lowest BCUT2D eigenvalue weighted by Crippen LogP contribution is -2.18. The van der Waals surface area contributed by atoms with Gasteiger partial charge in [-0.2, -0.15) is 13.2 Å². The van der Waals surface area contributed by atoms with Gasteiger partial charge in [0.1, 0.15) is 5.71 Å². The van der Waals surface area contributed by atoms with E-state index in [1.807, 2.05) is 42.5 Å². The van der Waals surface area contributed by atoms with E-state index < -0.39 is 22.1 Å². The Kier molecular flexibility index (Phi) is 11.2. The molecule has 4 aromatic rings. The van der Waals surface area contributed by atoms with Crippen molar-refractivity contribution in [3.63, 3.8) is 0 Å². The van der Waals surface area contributed by atoms with Crippen molar-refractivity contribution in [3.8, 4) is 0 Å². The summed E-state index contributed by atoms with van der Waals surface area (Å²) < 4.78 is 26.5. The lowest BCUT2D eigenvalue weighted by atomic mass is 10.0. The van der Waals surface area contributed by atoms with Crippen molar-refractivity contribution >= 4 is 68.7 Å². The van der Waals surface area contributed by atoms with Crippen molar-refractivity contribution in [3.05, 3.63) is 125 Å². The van der Waals surface area contributed by atoms with E-state index in [2.05, 4.69) is 14.2 Å². The van der Waals surface area contributed by atoms with Crippen molar-refractivity contribution in [2.75, 3.05) is 12.0 Å². The number of rotatable bonds is 12. The number of hydrogen-bond acceptors (Lipinski definition) is 10. The third-order valence-corrected chi connectivity index (χ3v) is 8.36. The maximum atomic E-state index is 13.3. The van der Waals surface area contributed by atoms with Crippen molar-refractivity contribution in [1.82, 2.24) is 0 Å². The quantitative estimate of drug-likeness (QED) is 0.0381. The Hall–Kier alpha value is -3.90. The predicted molar refractivity (Wildman–Crippen MR) is 168 cm³/mol. The summed E-state index contributed by atoms with van der Waals surface area (Å²) in [6, 6.07) is 30.2. The van der Waals surface area contributed by atoms with Gasteiger partial charge in [-0.25, -0.2) is 0 Å². The zero-order chi connectivity index (χ0) is 30.8. The fraction of sp³-hybridized carbons (Fsp3) is 0.0968. The molecule has 0 N–H and O–H groups in total. The van der Waals surface area contributed by atoms with Gasteiger partial charge in [0.2, 0.25) is 5.78 Å². The molecule has 0 fully saturated rings. The molecule has 0 atom stereocenters. The van der Waals surface area contributed by atoms with Gasteiger partial charge >= 0.3 is 16.3 Å². The van der Waals surface area contributed by atoms with Crippen LogP contribution in [0.15, 0.2) is 123 Å². The Balaban J connectivity index is 1.42. The van der Waals surface area contributed by atoms with Crippen LogP contribution in [-0.4, -0.2) is 43.9 Å². The average Bonchev–Trinajstić information content (AvgIpc) is 2.99. The average molecular weight is 654 g/mol. The molecule has 0 bridgehead atoms. The second-order valence-electron chi connectivity index (χ2n) is 8.89. The number of hydrogen-bond donors (Lipinski definition) is 0. The second kappa shape index (κ2) is 15.0. The first kappa shape index (κ1) is 32.0. The highest BCUT2D eigenvalue weighted by Crippen LogP contribution is 2.29. The number of benzene rings is 4. The van der Waals surface area contributed by atoms with Gasteiger partial charge < -0.3 is 4.18 Å². The Morgan fingerprint density at radius 3 is 1.86 bits per heavy atom. The first-order valence-electron chi connectivity index (χ1n) is 12.7. The largest absolute Gasteiger partial charge is 0.551 e. The monoisotopic (exact) mass is 653 g/mol. The SMILES string of the molecule is CS(=O)(=O)OC(=O)O/N=C(\CCSc1ccc(Cl)cc1)C(=O)c1ccc(Sc2ccc(C(=O)c3ccccc3)cc2)cc1. The smallest absolute Gasteiger partial charge is 0.310 e. The summed E-state index contributed by atoms with van der Waals surface area (Å²) >= 11 is 8.82. The summed E-state index contributed by atoms with van der Waals surface area (Å²) in [5, 5.41) is 4.22. The summed E-state index contributed by atoms with van der Waals surface area (Å²) in [7, 11) is -4.11. The van der Waals surface area contributed by atoms with Crippen molar-refractivity contribution in [2.24, 2.45) is 5.16 Å². The highest BCUT2D eigenvalue weighted by atomic mass is 35.5. The van der Waals surface area contributed by atoms with E-state index in [4.69, 9.17) is 11.6 Å². The summed E-state index contributed by atoms with van der Waals surface area (Å²) in [5.41, 5.74) is 1.40. The zero-order valence-corrected chi connectivity index (χ0v) is 25.8. The Morgan fingerprint density at radius 1 is 0.744 bits per heavy atom. The van der Waals surface area contributed by atoms with Crippen LogP contribution in [0, 0.1) is 0 Å². The summed E-state index contributed by atoms with van der Waals surface area (Å²) in [6.07, 6.45) is -0.769. The van der Waals surface area contributed by atoms with E-state index in [9.17, 15) is 22.8 Å². The molecule has 0 spiro atoms. The third-order valence-electron chi connectivity index (χ3n) is 5.64. The van der Waals surface area contributed by atoms with Crippen LogP contribution in [0.5, 0.6) is 0 Å². The van der Waals surface area contributed by atoms with E-state index in [0.29, 0.717) is 33.7 Å². The van der Waals surface area contributed by atoms with Gasteiger partial charge in [0.15, 0.2) is 5.78 Å². The number of halogens is 1. The van der Waals surface area contributed by atoms with Crippen LogP contribution < -0.4 is 0 Å². The minimum absolute atomic E-state index is 0.0578. The first-order valence-corrected chi connectivity index (χ1v) is 16.6. The van der Waals surface area contributed by atoms with Gasteiger partial charge in [-0.05, 0) is 72.8 Å². The molecule has 0 heterocycles. The van der Waals surface area contributed by atoms with Crippen LogP contribution in [-0.2, 0) is 19.1 Å². The fourth-order valence-electron chi connectivity index (χ4n) is 3.64. The van der Waals surface area contributed by atoms with E-state index in [-0.39, 0.29) is 17.9 Å². The topological polar surface area (TPSA) is 116 Å². The van der Waals surface area contributed by atoms with E-state index in [1.165, 1.54) is 23.5 Å². The van der Waals surface area contributed by atoms with Crippen LogP contribution in [0.3, 0.4) is 0 Å². The highest BCUT2D eigenvalue weighted by molar-refractivity contribution is 7.99. The van der Waals surface area contributed by atoms with Gasteiger partial charge in [0.25, 0.3) is 0 Å². The van der Waals surface area contributed by atoms with E-state index >= 15 is 0 Å². The molecule has 0 saturated heterocycles. The van der Waals surface area contributed by atoms with Gasteiger partial charge in [0.05, 0.1) is 6.26 Å². The van der Waals surface area contributed by atoms with Gasteiger partial charge in [-0.1, -0.05) is 58.9 Å². The predicted octanol–water partition coefficient (Wildman–Crippen LogP) is 7.56. The number of carbonyl (C=O) groups is 3. The molecule has 0 amide bonds. The first-order chi connectivity index (χ1) is 20.6. The molecule has 12 heteroatoms. The Labute approximate surface area is 262 Å². The molecular weight excluding hydrogens is 630 g/mol. The molecule has 0 saturated carbocycles.